The zero-order chi connectivity index (χ0) is 23.8. The number of nitrogens with zero attached hydrogens (tertiary/aromatic N) is 3. The van der Waals surface area contributed by atoms with Crippen LogP contribution in [0.1, 0.15) is 30.1 Å². The molecule has 32 heavy (non-hydrogen) atoms. The molecule has 10 heteroatoms. The van der Waals surface area contributed by atoms with Gasteiger partial charge < -0.3 is 0 Å². The van der Waals surface area contributed by atoms with E-state index in [1.807, 2.05) is 32.0 Å². The number of thiophene rings is 1. The number of hydrogen-bond donors (Lipinski definition) is 0. The summed E-state index contributed by atoms with van der Waals surface area (Å²) < 4.78 is 54.0. The molecular weight excluding hydrogens is 466 g/mol. The zero-order valence-corrected chi connectivity index (χ0v) is 21.6. The van der Waals surface area contributed by atoms with Crippen molar-refractivity contribution in [1.29, 1.82) is 0 Å². The lowest BCUT2D eigenvalue weighted by molar-refractivity contribution is 0.364. The Morgan fingerprint density at radius 2 is 1.78 bits per heavy atom. The van der Waals surface area contributed by atoms with E-state index in [1.165, 1.54) is 21.9 Å². The first-order valence-corrected chi connectivity index (χ1v) is 14.3. The van der Waals surface area contributed by atoms with Crippen molar-refractivity contribution in [3.63, 3.8) is 0 Å². The standard InChI is InChI=1S/C22H29N3O4S3/c1-15(2)13-25(32(28,29)22-16(3)23-24(5)17(22)4)14-19-10-11-21(30-19)18-8-7-9-20(12-18)31(6,26)27/h7-12,15H,13-14H2,1-6H3. The second-order valence-corrected chi connectivity index (χ2v) is 13.4. The lowest BCUT2D eigenvalue weighted by atomic mass is 10.2. The Balaban J connectivity index is 1.96. The van der Waals surface area contributed by atoms with Crippen molar-refractivity contribution in [2.24, 2.45) is 13.0 Å². The van der Waals surface area contributed by atoms with Crippen molar-refractivity contribution in [2.75, 3.05) is 12.8 Å². The highest BCUT2D eigenvalue weighted by Gasteiger charge is 2.31. The molecule has 0 atom stereocenters. The number of sulfonamides is 1. The number of benzene rings is 1. The third kappa shape index (κ3) is 5.14. The lowest BCUT2D eigenvalue weighted by Crippen LogP contribution is -2.34. The molecule has 0 saturated carbocycles. The van der Waals surface area contributed by atoms with Gasteiger partial charge in [0, 0.05) is 36.1 Å². The smallest absolute Gasteiger partial charge is 0.247 e. The van der Waals surface area contributed by atoms with E-state index in [2.05, 4.69) is 5.10 Å². The number of sulfone groups is 1. The average Bonchev–Trinajstić information content (AvgIpc) is 3.24. The van der Waals surface area contributed by atoms with Gasteiger partial charge in [-0.3, -0.25) is 4.68 Å². The number of rotatable bonds is 8. The summed E-state index contributed by atoms with van der Waals surface area (Å²) in [4.78, 5) is 2.30. The van der Waals surface area contributed by atoms with Gasteiger partial charge in [-0.1, -0.05) is 26.0 Å². The molecule has 0 amide bonds. The summed E-state index contributed by atoms with van der Waals surface area (Å²) >= 11 is 1.46. The highest BCUT2D eigenvalue weighted by atomic mass is 32.2. The number of aryl methyl sites for hydroxylation is 2. The largest absolute Gasteiger partial charge is 0.271 e. The van der Waals surface area contributed by atoms with Crippen molar-refractivity contribution in [2.45, 2.75) is 44.0 Å². The van der Waals surface area contributed by atoms with Crippen LogP contribution in [0.25, 0.3) is 10.4 Å². The van der Waals surface area contributed by atoms with E-state index in [0.717, 1.165) is 15.3 Å². The highest BCUT2D eigenvalue weighted by Crippen LogP contribution is 2.32. The maximum Gasteiger partial charge on any atom is 0.247 e. The SMILES string of the molecule is Cc1nn(C)c(C)c1S(=O)(=O)N(Cc1ccc(-c2cccc(S(C)(=O)=O)c2)s1)CC(C)C. The summed E-state index contributed by atoms with van der Waals surface area (Å²) in [5.41, 5.74) is 1.89. The molecule has 174 valence electrons. The van der Waals surface area contributed by atoms with Gasteiger partial charge in [-0.15, -0.1) is 11.3 Å². The topological polar surface area (TPSA) is 89.3 Å². The van der Waals surface area contributed by atoms with Crippen molar-refractivity contribution >= 4 is 31.2 Å². The molecule has 7 nitrogen and oxygen atoms in total. The summed E-state index contributed by atoms with van der Waals surface area (Å²) in [7, 11) is -5.30. The Morgan fingerprint density at radius 3 is 2.34 bits per heavy atom. The number of hydrogen-bond acceptors (Lipinski definition) is 6. The Hall–Kier alpha value is -2.01. The predicted molar refractivity (Wildman–Crippen MR) is 128 cm³/mol. The molecule has 0 aliphatic carbocycles. The van der Waals surface area contributed by atoms with Crippen molar-refractivity contribution in [1.82, 2.24) is 14.1 Å². The van der Waals surface area contributed by atoms with Crippen LogP contribution in [-0.4, -0.2) is 43.7 Å². The van der Waals surface area contributed by atoms with E-state index in [4.69, 9.17) is 0 Å². The molecule has 2 aromatic heterocycles. The van der Waals surface area contributed by atoms with Gasteiger partial charge in [0.2, 0.25) is 10.0 Å². The maximum atomic E-state index is 13.6. The van der Waals surface area contributed by atoms with Gasteiger partial charge in [-0.25, -0.2) is 16.8 Å². The second-order valence-electron chi connectivity index (χ2n) is 8.38. The molecule has 0 fully saturated rings. The summed E-state index contributed by atoms with van der Waals surface area (Å²) in [6.07, 6.45) is 1.18. The second kappa shape index (κ2) is 9.09. The molecule has 0 unspecified atom stereocenters. The zero-order valence-electron chi connectivity index (χ0n) is 19.2. The quantitative estimate of drug-likeness (QED) is 0.471. The Labute approximate surface area is 194 Å². The maximum absolute atomic E-state index is 13.6. The summed E-state index contributed by atoms with van der Waals surface area (Å²) in [5, 5.41) is 4.28. The fourth-order valence-corrected chi connectivity index (χ4v) is 7.33. The fourth-order valence-electron chi connectivity index (χ4n) is 3.58. The normalized spacial score (nSPS) is 12.8. The van der Waals surface area contributed by atoms with E-state index in [1.54, 1.807) is 43.8 Å². The molecule has 2 heterocycles. The van der Waals surface area contributed by atoms with Crippen LogP contribution in [0.5, 0.6) is 0 Å². The molecule has 0 N–H and O–H groups in total. The fraction of sp³-hybridized carbons (Fsp3) is 0.409. The van der Waals surface area contributed by atoms with E-state index < -0.39 is 19.9 Å². The van der Waals surface area contributed by atoms with Gasteiger partial charge in [0.15, 0.2) is 9.84 Å². The third-order valence-corrected chi connectivity index (χ3v) is 9.44. The first kappa shape index (κ1) is 24.6. The Bertz CT molecular complexity index is 1340. The first-order chi connectivity index (χ1) is 14.8. The van der Waals surface area contributed by atoms with Crippen LogP contribution in [0.3, 0.4) is 0 Å². The molecule has 0 saturated heterocycles. The lowest BCUT2D eigenvalue weighted by Gasteiger charge is -2.23. The van der Waals surface area contributed by atoms with Crippen molar-refractivity contribution in [3.05, 3.63) is 52.7 Å². The average molecular weight is 496 g/mol. The molecule has 1 aromatic carbocycles. The van der Waals surface area contributed by atoms with Gasteiger partial charge >= 0.3 is 0 Å². The molecule has 0 spiro atoms. The van der Waals surface area contributed by atoms with E-state index in [-0.39, 0.29) is 22.3 Å². The van der Waals surface area contributed by atoms with Crippen molar-refractivity contribution < 1.29 is 16.8 Å². The van der Waals surface area contributed by atoms with Gasteiger partial charge in [0.05, 0.1) is 16.3 Å². The predicted octanol–water partition coefficient (Wildman–Crippen LogP) is 4.02. The van der Waals surface area contributed by atoms with Gasteiger partial charge in [-0.05, 0) is 49.6 Å². The van der Waals surface area contributed by atoms with E-state index in [9.17, 15) is 16.8 Å². The van der Waals surface area contributed by atoms with Crippen LogP contribution in [-0.2, 0) is 33.5 Å². The van der Waals surface area contributed by atoms with Crippen LogP contribution in [0, 0.1) is 19.8 Å². The van der Waals surface area contributed by atoms with Crippen LogP contribution in [0.15, 0.2) is 46.2 Å². The molecule has 0 radical (unpaired) electrons. The first-order valence-electron chi connectivity index (χ1n) is 10.2. The summed E-state index contributed by atoms with van der Waals surface area (Å²) in [6, 6.07) is 10.6. The van der Waals surface area contributed by atoms with Crippen LogP contribution in [0.4, 0.5) is 0 Å². The van der Waals surface area contributed by atoms with Crippen LogP contribution in [0.2, 0.25) is 0 Å². The molecule has 3 rings (SSSR count). The summed E-state index contributed by atoms with van der Waals surface area (Å²) in [6.45, 7) is 8.07. The number of aromatic nitrogens is 2. The Kier molecular flexibility index (Phi) is 6.99. The van der Waals surface area contributed by atoms with Gasteiger partial charge in [-0.2, -0.15) is 9.40 Å². The molecule has 0 aliphatic heterocycles. The van der Waals surface area contributed by atoms with E-state index in [0.29, 0.717) is 17.9 Å². The molecule has 3 aromatic rings. The molecule has 0 bridgehead atoms. The monoisotopic (exact) mass is 495 g/mol. The minimum atomic E-state index is -3.74. The highest BCUT2D eigenvalue weighted by molar-refractivity contribution is 7.90. The minimum Gasteiger partial charge on any atom is -0.271 e. The third-order valence-electron chi connectivity index (χ3n) is 5.15. The van der Waals surface area contributed by atoms with Gasteiger partial charge in [0.25, 0.3) is 0 Å². The summed E-state index contributed by atoms with van der Waals surface area (Å²) in [5.74, 6) is 0.146. The minimum absolute atomic E-state index is 0.146. The van der Waals surface area contributed by atoms with Crippen molar-refractivity contribution in [3.8, 4) is 10.4 Å². The van der Waals surface area contributed by atoms with E-state index >= 15 is 0 Å². The molecule has 0 aliphatic rings. The van der Waals surface area contributed by atoms with Crippen LogP contribution >= 0.6 is 11.3 Å². The van der Waals surface area contributed by atoms with Gasteiger partial charge in [0.1, 0.15) is 4.90 Å². The van der Waals surface area contributed by atoms with Crippen LogP contribution < -0.4 is 0 Å². The Morgan fingerprint density at radius 1 is 1.09 bits per heavy atom. The molecular formula is C22H29N3O4S3.